The number of aliphatic imine (C=N–C) groups is 1. The maximum atomic E-state index is 8.91. The summed E-state index contributed by atoms with van der Waals surface area (Å²) in [6, 6.07) is 0. The van der Waals surface area contributed by atoms with Gasteiger partial charge >= 0.3 is 0 Å². The fourth-order valence-electron chi connectivity index (χ4n) is 1.85. The fourth-order valence-corrected chi connectivity index (χ4v) is 1.85. The van der Waals surface area contributed by atoms with E-state index in [4.69, 9.17) is 5.11 Å². The number of hydrogen-bond donors (Lipinski definition) is 1. The molecule has 0 bridgehead atoms. The summed E-state index contributed by atoms with van der Waals surface area (Å²) >= 11 is 0. The van der Waals surface area contributed by atoms with Crippen LogP contribution in [0.15, 0.2) is 4.99 Å². The number of fused-ring (bicyclic) bond motifs is 1. The first-order valence-electron chi connectivity index (χ1n) is 5.06. The van der Waals surface area contributed by atoms with Crippen molar-refractivity contribution in [1.29, 1.82) is 0 Å². The van der Waals surface area contributed by atoms with Gasteiger partial charge in [-0.3, -0.25) is 9.67 Å². The molecular weight excluding hydrogens is 178 g/mol. The van der Waals surface area contributed by atoms with Crippen molar-refractivity contribution in [3.8, 4) is 0 Å². The van der Waals surface area contributed by atoms with Gasteiger partial charge in [-0.25, -0.2) is 0 Å². The van der Waals surface area contributed by atoms with E-state index in [2.05, 4.69) is 17.0 Å². The van der Waals surface area contributed by atoms with Crippen LogP contribution in [-0.2, 0) is 19.4 Å². The van der Waals surface area contributed by atoms with Gasteiger partial charge in [0.25, 0.3) is 0 Å². The van der Waals surface area contributed by atoms with Crippen LogP contribution in [0, 0.1) is 0 Å². The van der Waals surface area contributed by atoms with Gasteiger partial charge in [0.2, 0.25) is 0 Å². The van der Waals surface area contributed by atoms with Crippen molar-refractivity contribution in [2.45, 2.75) is 26.3 Å². The van der Waals surface area contributed by atoms with Crippen molar-refractivity contribution in [3.05, 3.63) is 17.0 Å². The second-order valence-electron chi connectivity index (χ2n) is 3.39. The Morgan fingerprint density at radius 3 is 3.14 bits per heavy atom. The molecule has 0 unspecified atom stereocenters. The Hall–Kier alpha value is -1.16. The minimum Gasteiger partial charge on any atom is -0.394 e. The summed E-state index contributed by atoms with van der Waals surface area (Å²) in [5.74, 6) is 0. The first-order valence-corrected chi connectivity index (χ1v) is 5.06. The molecule has 4 heteroatoms. The average molecular weight is 193 g/mol. The van der Waals surface area contributed by atoms with E-state index in [-0.39, 0.29) is 6.61 Å². The van der Waals surface area contributed by atoms with Crippen LogP contribution in [0.2, 0.25) is 0 Å². The van der Waals surface area contributed by atoms with E-state index in [0.29, 0.717) is 6.54 Å². The summed E-state index contributed by atoms with van der Waals surface area (Å²) in [6.45, 7) is 3.67. The maximum Gasteiger partial charge on any atom is 0.0712 e. The topological polar surface area (TPSA) is 50.4 Å². The van der Waals surface area contributed by atoms with Crippen molar-refractivity contribution in [2.24, 2.45) is 4.99 Å². The van der Waals surface area contributed by atoms with Crippen molar-refractivity contribution in [3.63, 3.8) is 0 Å². The van der Waals surface area contributed by atoms with Gasteiger partial charge in [0.15, 0.2) is 0 Å². The molecule has 1 aliphatic rings. The smallest absolute Gasteiger partial charge is 0.0712 e. The molecule has 2 rings (SSSR count). The van der Waals surface area contributed by atoms with Gasteiger partial charge in [0.1, 0.15) is 0 Å². The Labute approximate surface area is 83.3 Å². The molecule has 0 saturated carbocycles. The second-order valence-corrected chi connectivity index (χ2v) is 3.39. The van der Waals surface area contributed by atoms with Crippen molar-refractivity contribution in [2.75, 3.05) is 13.2 Å². The molecule has 0 radical (unpaired) electrons. The number of aryl methyl sites for hydroxylation is 1. The second kappa shape index (κ2) is 3.92. The molecule has 0 aliphatic carbocycles. The Bertz CT molecular complexity index is 354. The van der Waals surface area contributed by atoms with E-state index >= 15 is 0 Å². The number of aliphatic hydroxyl groups is 1. The van der Waals surface area contributed by atoms with Crippen molar-refractivity contribution in [1.82, 2.24) is 9.78 Å². The Kier molecular flexibility index (Phi) is 2.63. The quantitative estimate of drug-likeness (QED) is 0.756. The lowest BCUT2D eigenvalue weighted by atomic mass is 10.1. The molecule has 1 aliphatic heterocycles. The number of nitrogens with zero attached hydrogens (tertiary/aromatic N) is 3. The molecule has 14 heavy (non-hydrogen) atoms. The lowest BCUT2D eigenvalue weighted by molar-refractivity contribution is 0.267. The summed E-state index contributed by atoms with van der Waals surface area (Å²) in [5, 5.41) is 13.4. The fraction of sp³-hybridized carbons (Fsp3) is 0.600. The molecule has 1 aromatic rings. The SMILES string of the molecule is CCc1nn(CCO)c2c1C=NCC2. The minimum absolute atomic E-state index is 0.147. The number of aliphatic hydroxyl groups excluding tert-OH is 1. The molecule has 76 valence electrons. The molecule has 0 atom stereocenters. The van der Waals surface area contributed by atoms with Gasteiger partial charge in [-0.05, 0) is 6.42 Å². The van der Waals surface area contributed by atoms with Crippen LogP contribution in [0.5, 0.6) is 0 Å². The van der Waals surface area contributed by atoms with Crippen LogP contribution in [0.25, 0.3) is 0 Å². The lowest BCUT2D eigenvalue weighted by Gasteiger charge is -2.08. The van der Waals surface area contributed by atoms with E-state index in [1.807, 2.05) is 10.9 Å². The molecule has 0 saturated heterocycles. The third kappa shape index (κ3) is 1.46. The van der Waals surface area contributed by atoms with Crippen LogP contribution >= 0.6 is 0 Å². The maximum absolute atomic E-state index is 8.91. The van der Waals surface area contributed by atoms with Gasteiger partial charge in [-0.1, -0.05) is 6.92 Å². The van der Waals surface area contributed by atoms with Crippen molar-refractivity contribution >= 4 is 6.21 Å². The normalized spacial score (nSPS) is 14.4. The standard InChI is InChI=1S/C10H15N3O/c1-2-9-8-7-11-4-3-10(8)13(12-9)5-6-14/h7,14H,2-6H2,1H3. The largest absolute Gasteiger partial charge is 0.394 e. The summed E-state index contributed by atoms with van der Waals surface area (Å²) in [5.41, 5.74) is 3.50. The minimum atomic E-state index is 0.147. The highest BCUT2D eigenvalue weighted by Gasteiger charge is 2.16. The summed E-state index contributed by atoms with van der Waals surface area (Å²) < 4.78 is 1.92. The molecule has 4 nitrogen and oxygen atoms in total. The average Bonchev–Trinajstić information content (AvgIpc) is 2.58. The Balaban J connectivity index is 2.42. The lowest BCUT2D eigenvalue weighted by Crippen LogP contribution is -2.12. The molecule has 0 aromatic carbocycles. The summed E-state index contributed by atoms with van der Waals surface area (Å²) in [6.07, 6.45) is 3.78. The summed E-state index contributed by atoms with van der Waals surface area (Å²) in [4.78, 5) is 4.26. The summed E-state index contributed by atoms with van der Waals surface area (Å²) in [7, 11) is 0. The predicted octanol–water partition coefficient (Wildman–Crippen LogP) is 0.413. The Morgan fingerprint density at radius 2 is 2.43 bits per heavy atom. The van der Waals surface area contributed by atoms with Crippen LogP contribution in [0.1, 0.15) is 23.9 Å². The van der Waals surface area contributed by atoms with E-state index in [0.717, 1.165) is 25.1 Å². The zero-order chi connectivity index (χ0) is 9.97. The van der Waals surface area contributed by atoms with Crippen LogP contribution < -0.4 is 0 Å². The van der Waals surface area contributed by atoms with E-state index in [1.54, 1.807) is 0 Å². The van der Waals surface area contributed by atoms with Crippen LogP contribution in [0.4, 0.5) is 0 Å². The van der Waals surface area contributed by atoms with Gasteiger partial charge in [-0.15, -0.1) is 0 Å². The van der Waals surface area contributed by atoms with E-state index in [9.17, 15) is 0 Å². The van der Waals surface area contributed by atoms with Gasteiger partial charge in [-0.2, -0.15) is 5.10 Å². The zero-order valence-electron chi connectivity index (χ0n) is 8.40. The first kappa shape index (κ1) is 9.40. The third-order valence-corrected chi connectivity index (χ3v) is 2.52. The highest BCUT2D eigenvalue weighted by Crippen LogP contribution is 2.17. The van der Waals surface area contributed by atoms with Gasteiger partial charge in [0, 0.05) is 30.4 Å². The highest BCUT2D eigenvalue weighted by atomic mass is 16.3. The third-order valence-electron chi connectivity index (χ3n) is 2.52. The number of rotatable bonds is 3. The molecule has 0 amide bonds. The van der Waals surface area contributed by atoms with Crippen LogP contribution in [0.3, 0.4) is 0 Å². The van der Waals surface area contributed by atoms with E-state index < -0.39 is 0 Å². The first-order chi connectivity index (χ1) is 6.86. The van der Waals surface area contributed by atoms with Gasteiger partial charge < -0.3 is 5.11 Å². The van der Waals surface area contributed by atoms with Gasteiger partial charge in [0.05, 0.1) is 18.8 Å². The number of aromatic nitrogens is 2. The monoisotopic (exact) mass is 193 g/mol. The number of hydrogen-bond acceptors (Lipinski definition) is 3. The molecule has 2 heterocycles. The molecular formula is C10H15N3O. The molecule has 0 fully saturated rings. The molecule has 0 spiro atoms. The van der Waals surface area contributed by atoms with E-state index in [1.165, 1.54) is 11.3 Å². The highest BCUT2D eigenvalue weighted by molar-refractivity contribution is 5.83. The van der Waals surface area contributed by atoms with Crippen molar-refractivity contribution < 1.29 is 5.11 Å². The zero-order valence-corrected chi connectivity index (χ0v) is 8.40. The molecule has 1 N–H and O–H groups in total. The Morgan fingerprint density at radius 1 is 1.57 bits per heavy atom. The van der Waals surface area contributed by atoms with Crippen LogP contribution in [-0.4, -0.2) is 34.3 Å². The molecule has 1 aromatic heterocycles. The predicted molar refractivity (Wildman–Crippen MR) is 54.9 cm³/mol.